The summed E-state index contributed by atoms with van der Waals surface area (Å²) in [5, 5.41) is 5.08. The molecule has 1 fully saturated rings. The summed E-state index contributed by atoms with van der Waals surface area (Å²) in [6.45, 7) is -0.347. The average molecular weight is 409 g/mol. The number of alkyl halides is 2. The number of rotatable bonds is 3. The average Bonchev–Trinajstić information content (AvgIpc) is 3.19. The van der Waals surface area contributed by atoms with Crippen molar-refractivity contribution in [3.05, 3.63) is 66.6 Å². The number of hydrogen-bond donors (Lipinski definition) is 0. The number of carbonyl (C=O) groups excluding carboxylic acids is 1. The molecule has 4 heterocycles. The first kappa shape index (κ1) is 18.4. The van der Waals surface area contributed by atoms with Crippen LogP contribution in [0.2, 0.25) is 0 Å². The molecule has 1 aliphatic heterocycles. The van der Waals surface area contributed by atoms with E-state index in [0.29, 0.717) is 11.2 Å². The molecule has 1 saturated heterocycles. The number of benzene rings is 1. The molecular formula is C21H17F2N5O2. The zero-order valence-electron chi connectivity index (χ0n) is 15.8. The lowest BCUT2D eigenvalue weighted by atomic mass is 10.0. The fourth-order valence-corrected chi connectivity index (χ4v) is 3.53. The molecule has 3 aromatic heterocycles. The first-order chi connectivity index (χ1) is 14.5. The maximum absolute atomic E-state index is 14.6. The Bertz CT molecular complexity index is 1210. The molecule has 5 rings (SSSR count). The Kier molecular flexibility index (Phi) is 4.30. The van der Waals surface area contributed by atoms with Gasteiger partial charge in [-0.1, -0.05) is 18.2 Å². The van der Waals surface area contributed by atoms with Gasteiger partial charge < -0.3 is 9.64 Å². The molecule has 1 amide bonds. The quantitative estimate of drug-likeness (QED) is 0.520. The van der Waals surface area contributed by atoms with Crippen molar-refractivity contribution >= 4 is 22.5 Å². The van der Waals surface area contributed by atoms with Crippen LogP contribution in [-0.4, -0.2) is 55.5 Å². The molecule has 1 aliphatic rings. The smallest absolute Gasteiger partial charge is 0.287 e. The van der Waals surface area contributed by atoms with E-state index in [1.807, 2.05) is 18.2 Å². The second-order valence-electron chi connectivity index (χ2n) is 7.16. The molecule has 30 heavy (non-hydrogen) atoms. The Labute approximate surface area is 169 Å². The molecule has 9 heteroatoms. The van der Waals surface area contributed by atoms with Gasteiger partial charge in [-0.05, 0) is 18.2 Å². The van der Waals surface area contributed by atoms with E-state index in [0.717, 1.165) is 5.39 Å². The van der Waals surface area contributed by atoms with Gasteiger partial charge in [0.15, 0.2) is 17.4 Å². The highest BCUT2D eigenvalue weighted by atomic mass is 19.3. The lowest BCUT2D eigenvalue weighted by Gasteiger charge is -2.37. The Balaban J connectivity index is 1.38. The zero-order valence-corrected chi connectivity index (χ0v) is 15.8. The molecule has 0 spiro atoms. The molecule has 1 aromatic carbocycles. The Hall–Kier alpha value is -3.62. The van der Waals surface area contributed by atoms with E-state index >= 15 is 0 Å². The third-order valence-electron chi connectivity index (χ3n) is 5.15. The summed E-state index contributed by atoms with van der Waals surface area (Å²) in [5.74, 6) is -3.41. The van der Waals surface area contributed by atoms with Gasteiger partial charge >= 0.3 is 0 Å². The Morgan fingerprint density at radius 1 is 1.17 bits per heavy atom. The fraction of sp³-hybridized carbons (Fsp3) is 0.238. The highest BCUT2D eigenvalue weighted by Gasteiger charge is 2.47. The van der Waals surface area contributed by atoms with Crippen molar-refractivity contribution in [1.29, 1.82) is 0 Å². The third-order valence-corrected chi connectivity index (χ3v) is 5.15. The van der Waals surface area contributed by atoms with Gasteiger partial charge in [-0.2, -0.15) is 5.10 Å². The molecule has 4 aromatic rings. The second kappa shape index (κ2) is 7.01. The number of pyridine rings is 1. The van der Waals surface area contributed by atoms with Crippen LogP contribution in [-0.2, 0) is 0 Å². The third kappa shape index (κ3) is 3.32. The molecule has 1 unspecified atom stereocenters. The molecule has 0 bridgehead atoms. The van der Waals surface area contributed by atoms with Crippen LogP contribution < -0.4 is 4.74 Å². The normalized spacial score (nSPS) is 18.6. The van der Waals surface area contributed by atoms with E-state index in [9.17, 15) is 13.6 Å². The van der Waals surface area contributed by atoms with Crippen molar-refractivity contribution in [3.63, 3.8) is 0 Å². The van der Waals surface area contributed by atoms with E-state index in [4.69, 9.17) is 4.74 Å². The largest absolute Gasteiger partial charge is 0.466 e. The van der Waals surface area contributed by atoms with E-state index in [1.165, 1.54) is 15.5 Å². The lowest BCUT2D eigenvalue weighted by Crippen LogP contribution is -2.55. The minimum Gasteiger partial charge on any atom is -0.466 e. The maximum atomic E-state index is 14.6. The van der Waals surface area contributed by atoms with Crippen LogP contribution in [0, 0.1) is 0 Å². The molecule has 152 valence electrons. The van der Waals surface area contributed by atoms with Gasteiger partial charge in [0.05, 0.1) is 12.1 Å². The van der Waals surface area contributed by atoms with Gasteiger partial charge in [-0.3, -0.25) is 4.79 Å². The Morgan fingerprint density at radius 2 is 2.03 bits per heavy atom. The molecule has 7 nitrogen and oxygen atoms in total. The standard InChI is InChI=1S/C21H17F2N5O2/c22-21(23)8-11-27(20(29)16-12-18-24-9-3-10-28(18)26-16)13-17(21)30-19-7-6-14-4-1-2-5-15(14)25-19/h1-7,9-10,12,17H,8,11,13H2. The van der Waals surface area contributed by atoms with Crippen molar-refractivity contribution < 1.29 is 18.3 Å². The van der Waals surface area contributed by atoms with Gasteiger partial charge in [0.2, 0.25) is 5.88 Å². The summed E-state index contributed by atoms with van der Waals surface area (Å²) < 4.78 is 36.1. The Morgan fingerprint density at radius 3 is 2.90 bits per heavy atom. The van der Waals surface area contributed by atoms with E-state index in [2.05, 4.69) is 15.1 Å². The highest BCUT2D eigenvalue weighted by molar-refractivity contribution is 5.93. The number of para-hydroxylation sites is 1. The van der Waals surface area contributed by atoms with Crippen LogP contribution in [0.5, 0.6) is 5.88 Å². The van der Waals surface area contributed by atoms with Gasteiger partial charge in [0, 0.05) is 42.9 Å². The summed E-state index contributed by atoms with van der Waals surface area (Å²) in [6.07, 6.45) is 1.26. The minimum absolute atomic E-state index is 0.0852. The molecule has 1 atom stereocenters. The van der Waals surface area contributed by atoms with Crippen molar-refractivity contribution in [2.75, 3.05) is 13.1 Å². The van der Waals surface area contributed by atoms with E-state index < -0.39 is 24.4 Å². The summed E-state index contributed by atoms with van der Waals surface area (Å²) >= 11 is 0. The monoisotopic (exact) mass is 409 g/mol. The molecule has 0 aliphatic carbocycles. The summed E-state index contributed by atoms with van der Waals surface area (Å²) in [6, 6.07) is 13.9. The molecular weight excluding hydrogens is 392 g/mol. The van der Waals surface area contributed by atoms with Gasteiger partial charge in [-0.25, -0.2) is 23.3 Å². The number of aromatic nitrogens is 4. The number of hydrogen-bond acceptors (Lipinski definition) is 5. The molecule has 0 N–H and O–H groups in total. The van der Waals surface area contributed by atoms with Crippen LogP contribution in [0.3, 0.4) is 0 Å². The number of amides is 1. The summed E-state index contributed by atoms with van der Waals surface area (Å²) in [5.41, 5.74) is 1.32. The van der Waals surface area contributed by atoms with Crippen LogP contribution in [0.4, 0.5) is 8.78 Å². The van der Waals surface area contributed by atoms with Gasteiger partial charge in [0.25, 0.3) is 11.8 Å². The maximum Gasteiger partial charge on any atom is 0.287 e. The first-order valence-corrected chi connectivity index (χ1v) is 9.49. The van der Waals surface area contributed by atoms with E-state index in [1.54, 1.807) is 36.7 Å². The SMILES string of the molecule is O=C(c1cc2ncccn2n1)N1CCC(F)(F)C(Oc2ccc3ccccc3n2)C1. The van der Waals surface area contributed by atoms with Crippen LogP contribution in [0.25, 0.3) is 16.6 Å². The molecule has 0 radical (unpaired) electrons. The van der Waals surface area contributed by atoms with E-state index in [-0.39, 0.29) is 24.7 Å². The summed E-state index contributed by atoms with van der Waals surface area (Å²) in [7, 11) is 0. The summed E-state index contributed by atoms with van der Waals surface area (Å²) in [4.78, 5) is 22.6. The van der Waals surface area contributed by atoms with Crippen LogP contribution in [0.1, 0.15) is 16.9 Å². The van der Waals surface area contributed by atoms with Crippen LogP contribution >= 0.6 is 0 Å². The van der Waals surface area contributed by atoms with Crippen molar-refractivity contribution in [2.24, 2.45) is 0 Å². The number of nitrogens with zero attached hydrogens (tertiary/aromatic N) is 5. The number of fused-ring (bicyclic) bond motifs is 2. The topological polar surface area (TPSA) is 72.6 Å². The number of piperidine rings is 1. The zero-order chi connectivity index (χ0) is 20.7. The number of halogens is 2. The minimum atomic E-state index is -3.08. The van der Waals surface area contributed by atoms with Crippen molar-refractivity contribution in [2.45, 2.75) is 18.4 Å². The number of ether oxygens (including phenoxy) is 1. The van der Waals surface area contributed by atoms with Crippen molar-refractivity contribution in [1.82, 2.24) is 24.5 Å². The number of carbonyl (C=O) groups is 1. The predicted molar refractivity (Wildman–Crippen MR) is 105 cm³/mol. The fourth-order valence-electron chi connectivity index (χ4n) is 3.53. The second-order valence-corrected chi connectivity index (χ2v) is 7.16. The van der Waals surface area contributed by atoms with Gasteiger partial charge in [-0.15, -0.1) is 0 Å². The predicted octanol–water partition coefficient (Wildman–Crippen LogP) is 3.21. The highest BCUT2D eigenvalue weighted by Crippen LogP contribution is 2.32. The first-order valence-electron chi connectivity index (χ1n) is 9.49. The number of likely N-dealkylation sites (tertiary alicyclic amines) is 1. The van der Waals surface area contributed by atoms with Crippen molar-refractivity contribution in [3.8, 4) is 5.88 Å². The molecule has 0 saturated carbocycles. The lowest BCUT2D eigenvalue weighted by molar-refractivity contribution is -0.131. The van der Waals surface area contributed by atoms with Gasteiger partial charge in [0.1, 0.15) is 0 Å². The van der Waals surface area contributed by atoms with Crippen LogP contribution in [0.15, 0.2) is 60.9 Å².